The molecule has 0 amide bonds. The molecule has 0 radical (unpaired) electrons. The zero-order valence-electron chi connectivity index (χ0n) is 9.87. The molecular formula is C6H11K2O9P. The van der Waals surface area contributed by atoms with Crippen LogP contribution in [0.25, 0.3) is 0 Å². The van der Waals surface area contributed by atoms with Gasteiger partial charge in [-0.25, -0.2) is 0 Å². The van der Waals surface area contributed by atoms with E-state index >= 15 is 0 Å². The second-order valence-electron chi connectivity index (χ2n) is 3.25. The molecule has 5 atom stereocenters. The molecule has 0 saturated carbocycles. The molecule has 1 fully saturated rings. The van der Waals surface area contributed by atoms with Crippen LogP contribution in [-0.4, -0.2) is 57.7 Å². The molecule has 1 aliphatic heterocycles. The van der Waals surface area contributed by atoms with Crippen molar-refractivity contribution in [3.8, 4) is 0 Å². The molecule has 4 N–H and O–H groups in total. The molecule has 1 saturated heterocycles. The van der Waals surface area contributed by atoms with Crippen molar-refractivity contribution in [2.75, 3.05) is 6.61 Å². The van der Waals surface area contributed by atoms with E-state index in [1.807, 2.05) is 0 Å². The van der Waals surface area contributed by atoms with E-state index in [-0.39, 0.29) is 103 Å². The molecule has 9 nitrogen and oxygen atoms in total. The van der Waals surface area contributed by atoms with Gasteiger partial charge in [0.2, 0.25) is 0 Å². The van der Waals surface area contributed by atoms with Crippen molar-refractivity contribution in [2.24, 2.45) is 0 Å². The van der Waals surface area contributed by atoms with Crippen LogP contribution in [0, 0.1) is 0 Å². The first kappa shape index (κ1) is 23.4. The predicted octanol–water partition coefficient (Wildman–Crippen LogP) is -10.4. The third-order valence-electron chi connectivity index (χ3n) is 2.08. The molecule has 18 heavy (non-hydrogen) atoms. The van der Waals surface area contributed by atoms with Crippen LogP contribution in [0.4, 0.5) is 0 Å². The van der Waals surface area contributed by atoms with Crippen LogP contribution in [0.5, 0.6) is 0 Å². The predicted molar refractivity (Wildman–Crippen MR) is 42.5 cm³/mol. The van der Waals surface area contributed by atoms with Crippen molar-refractivity contribution in [1.82, 2.24) is 0 Å². The molecule has 0 bridgehead atoms. The number of phosphoric acid groups is 1. The first-order valence-corrected chi connectivity index (χ1v) is 5.73. The average molecular weight is 336 g/mol. The van der Waals surface area contributed by atoms with Gasteiger partial charge in [-0.3, -0.25) is 0 Å². The molecule has 1 aliphatic rings. The zero-order valence-corrected chi connectivity index (χ0v) is 17.0. The molecule has 0 aromatic heterocycles. The van der Waals surface area contributed by atoms with Crippen molar-refractivity contribution in [3.05, 3.63) is 0 Å². The summed E-state index contributed by atoms with van der Waals surface area (Å²) < 4.78 is 18.7. The maximum Gasteiger partial charge on any atom is 1.00 e. The fourth-order valence-corrected chi connectivity index (χ4v) is 1.71. The van der Waals surface area contributed by atoms with Crippen LogP contribution in [-0.2, 0) is 13.8 Å². The van der Waals surface area contributed by atoms with Gasteiger partial charge < -0.3 is 44.0 Å². The quantitative estimate of drug-likeness (QED) is 0.289. The summed E-state index contributed by atoms with van der Waals surface area (Å²) in [6, 6.07) is 0. The van der Waals surface area contributed by atoms with E-state index in [0.29, 0.717) is 0 Å². The summed E-state index contributed by atoms with van der Waals surface area (Å²) in [6.45, 7) is -0.743. The van der Waals surface area contributed by atoms with Crippen LogP contribution >= 0.6 is 7.82 Å². The Hall–Kier alpha value is 3.18. The minimum absolute atomic E-state index is 0. The fourth-order valence-electron chi connectivity index (χ4n) is 1.28. The van der Waals surface area contributed by atoms with Gasteiger partial charge >= 0.3 is 103 Å². The molecule has 0 aliphatic carbocycles. The summed E-state index contributed by atoms with van der Waals surface area (Å²) in [5.74, 6) is 0. The summed E-state index contributed by atoms with van der Waals surface area (Å²) in [6.07, 6.45) is -8.61. The number of phosphoric ester groups is 1. The summed E-state index contributed by atoms with van der Waals surface area (Å²) in [4.78, 5) is 20.6. The summed E-state index contributed by atoms with van der Waals surface area (Å²) >= 11 is 0. The Balaban J connectivity index is 0. The van der Waals surface area contributed by atoms with E-state index in [1.54, 1.807) is 0 Å². The maximum absolute atomic E-state index is 10.3. The largest absolute Gasteiger partial charge is 1.00 e. The minimum Gasteiger partial charge on any atom is -0.790 e. The van der Waals surface area contributed by atoms with Gasteiger partial charge in [0.25, 0.3) is 0 Å². The smallest absolute Gasteiger partial charge is 0.790 e. The topological polar surface area (TPSA) is 163 Å². The van der Waals surface area contributed by atoms with Gasteiger partial charge in [-0.05, 0) is 0 Å². The molecule has 1 rings (SSSR count). The van der Waals surface area contributed by atoms with Crippen molar-refractivity contribution in [1.29, 1.82) is 0 Å². The monoisotopic (exact) mass is 336 g/mol. The first-order valence-electron chi connectivity index (χ1n) is 4.27. The molecule has 2 unspecified atom stereocenters. The Morgan fingerprint density at radius 3 is 2.00 bits per heavy atom. The molecule has 96 valence electrons. The van der Waals surface area contributed by atoms with E-state index < -0.39 is 45.1 Å². The molecule has 12 heteroatoms. The van der Waals surface area contributed by atoms with Crippen molar-refractivity contribution < 1.29 is 147 Å². The molecular weight excluding hydrogens is 325 g/mol. The number of ether oxygens (including phenoxy) is 1. The standard InChI is InChI=1S/C6H13O9P.2K/c7-1-2-3(8)4(9)5(10)6(14-2)15-16(11,12)13;;/h2-10H,1H2,(H2,11,12,13);;/q;2*+1/p-2/t2?,3-,4-,5?,6+;;/m1../s1. The van der Waals surface area contributed by atoms with Gasteiger partial charge in [-0.1, -0.05) is 0 Å². The Kier molecular flexibility index (Phi) is 13.1. The van der Waals surface area contributed by atoms with Crippen LogP contribution < -0.4 is 113 Å². The normalized spacial score (nSPS) is 36.4. The van der Waals surface area contributed by atoms with Gasteiger partial charge in [-0.15, -0.1) is 0 Å². The van der Waals surface area contributed by atoms with Crippen LogP contribution in [0.3, 0.4) is 0 Å². The summed E-state index contributed by atoms with van der Waals surface area (Å²) in [7, 11) is -5.41. The SMILES string of the molecule is O=P([O-])([O-])O[C@@H]1OC(CO)[C@@H](O)[C@@H](O)C1O.[K+].[K+]. The van der Waals surface area contributed by atoms with Gasteiger partial charge in [0, 0.05) is 0 Å². The van der Waals surface area contributed by atoms with Gasteiger partial charge in [0.15, 0.2) is 6.29 Å². The zero-order chi connectivity index (χ0) is 12.5. The third-order valence-corrected chi connectivity index (χ3v) is 2.55. The van der Waals surface area contributed by atoms with Crippen molar-refractivity contribution in [2.45, 2.75) is 30.7 Å². The van der Waals surface area contributed by atoms with Gasteiger partial charge in [-0.2, -0.15) is 0 Å². The Bertz CT molecular complexity index is 284. The van der Waals surface area contributed by atoms with Crippen LogP contribution in [0.15, 0.2) is 0 Å². The molecule has 0 spiro atoms. The Morgan fingerprint density at radius 2 is 1.61 bits per heavy atom. The van der Waals surface area contributed by atoms with E-state index in [2.05, 4.69) is 9.26 Å². The first-order chi connectivity index (χ1) is 7.26. The molecule has 1 heterocycles. The number of aliphatic hydroxyl groups is 4. The second kappa shape index (κ2) is 10.1. The third kappa shape index (κ3) is 6.96. The summed E-state index contributed by atoms with van der Waals surface area (Å²) in [5.41, 5.74) is 0. The number of aliphatic hydroxyl groups excluding tert-OH is 4. The van der Waals surface area contributed by atoms with Crippen molar-refractivity contribution >= 4 is 7.82 Å². The molecule has 0 aromatic carbocycles. The Labute approximate surface area is 188 Å². The van der Waals surface area contributed by atoms with Gasteiger partial charge in [0.05, 0.1) is 14.4 Å². The summed E-state index contributed by atoms with van der Waals surface area (Å²) in [5, 5.41) is 36.5. The number of hydrogen-bond donors (Lipinski definition) is 4. The van der Waals surface area contributed by atoms with E-state index in [1.165, 1.54) is 0 Å². The Morgan fingerprint density at radius 1 is 1.11 bits per heavy atom. The van der Waals surface area contributed by atoms with Crippen LogP contribution in [0.2, 0.25) is 0 Å². The number of hydrogen-bond acceptors (Lipinski definition) is 9. The van der Waals surface area contributed by atoms with E-state index in [0.717, 1.165) is 0 Å². The van der Waals surface area contributed by atoms with E-state index in [9.17, 15) is 29.7 Å². The fraction of sp³-hybridized carbons (Fsp3) is 1.00. The molecule has 0 aromatic rings. The average Bonchev–Trinajstić information content (AvgIpc) is 2.17. The van der Waals surface area contributed by atoms with Crippen LogP contribution in [0.1, 0.15) is 0 Å². The maximum atomic E-state index is 10.3. The second-order valence-corrected chi connectivity index (χ2v) is 4.36. The van der Waals surface area contributed by atoms with Crippen molar-refractivity contribution in [3.63, 3.8) is 0 Å². The van der Waals surface area contributed by atoms with E-state index in [4.69, 9.17) is 5.11 Å². The minimum atomic E-state index is -5.41. The van der Waals surface area contributed by atoms with Gasteiger partial charge in [0.1, 0.15) is 24.4 Å². The number of rotatable bonds is 3.